The molecule has 1 aromatic heterocycles. The SMILES string of the molecule is NS(=O)(=O)c1ccc(Nc2c[c]ccn2)cc1. The maximum absolute atomic E-state index is 11.0. The number of nitrogens with two attached hydrogens (primary N) is 1. The van der Waals surface area contributed by atoms with Gasteiger partial charge in [0.15, 0.2) is 0 Å². The molecule has 2 rings (SSSR count). The Labute approximate surface area is 99.4 Å². The number of sulfonamides is 1. The lowest BCUT2D eigenvalue weighted by molar-refractivity contribution is 0.598. The van der Waals surface area contributed by atoms with Gasteiger partial charge in [-0.2, -0.15) is 0 Å². The number of aromatic nitrogens is 1. The van der Waals surface area contributed by atoms with Crippen molar-refractivity contribution in [2.45, 2.75) is 4.90 Å². The van der Waals surface area contributed by atoms with Crippen LogP contribution in [0.4, 0.5) is 11.5 Å². The number of rotatable bonds is 3. The summed E-state index contributed by atoms with van der Waals surface area (Å²) in [4.78, 5) is 4.14. The van der Waals surface area contributed by atoms with Crippen LogP contribution >= 0.6 is 0 Å². The van der Waals surface area contributed by atoms with Crippen molar-refractivity contribution in [3.63, 3.8) is 0 Å². The standard InChI is InChI=1S/C11H10N3O2S/c12-17(15,16)10-6-4-9(5-7-10)14-11-3-1-2-8-13-11/h2-8H,(H,13,14)(H2,12,15,16). The zero-order valence-electron chi connectivity index (χ0n) is 8.79. The summed E-state index contributed by atoms with van der Waals surface area (Å²) in [5.74, 6) is 0.635. The third-order valence-corrected chi connectivity index (χ3v) is 2.99. The molecule has 6 heteroatoms. The van der Waals surface area contributed by atoms with E-state index in [-0.39, 0.29) is 4.90 Å². The van der Waals surface area contributed by atoms with Crippen molar-refractivity contribution in [3.8, 4) is 0 Å². The molecule has 0 amide bonds. The third-order valence-electron chi connectivity index (χ3n) is 2.06. The van der Waals surface area contributed by atoms with E-state index in [0.29, 0.717) is 5.82 Å². The minimum atomic E-state index is -3.64. The molecule has 3 N–H and O–H groups in total. The average Bonchev–Trinajstić information content (AvgIpc) is 2.30. The van der Waals surface area contributed by atoms with Crippen LogP contribution in [-0.4, -0.2) is 13.4 Å². The minimum absolute atomic E-state index is 0.0793. The molecule has 0 spiro atoms. The molecule has 0 bridgehead atoms. The van der Waals surface area contributed by atoms with Gasteiger partial charge in [-0.3, -0.25) is 0 Å². The van der Waals surface area contributed by atoms with Gasteiger partial charge in [0, 0.05) is 11.9 Å². The van der Waals surface area contributed by atoms with Crippen molar-refractivity contribution in [2.75, 3.05) is 5.32 Å². The predicted octanol–water partition coefficient (Wildman–Crippen LogP) is 1.27. The molecule has 1 radical (unpaired) electrons. The quantitative estimate of drug-likeness (QED) is 0.856. The smallest absolute Gasteiger partial charge is 0.238 e. The van der Waals surface area contributed by atoms with Crippen LogP contribution in [0.15, 0.2) is 47.5 Å². The van der Waals surface area contributed by atoms with E-state index in [0.717, 1.165) is 5.69 Å². The van der Waals surface area contributed by atoms with Crippen LogP contribution < -0.4 is 10.5 Å². The molecule has 1 heterocycles. The second-order valence-electron chi connectivity index (χ2n) is 3.34. The van der Waals surface area contributed by atoms with E-state index in [9.17, 15) is 8.42 Å². The summed E-state index contributed by atoms with van der Waals surface area (Å²) in [6.07, 6.45) is 1.61. The normalized spacial score (nSPS) is 11.1. The largest absolute Gasteiger partial charge is 0.340 e. The van der Waals surface area contributed by atoms with Crippen molar-refractivity contribution in [1.29, 1.82) is 0 Å². The first kappa shape index (κ1) is 11.6. The van der Waals surface area contributed by atoms with Crippen LogP contribution in [0, 0.1) is 6.07 Å². The van der Waals surface area contributed by atoms with Crippen molar-refractivity contribution in [1.82, 2.24) is 4.98 Å². The third kappa shape index (κ3) is 3.02. The van der Waals surface area contributed by atoms with Crippen molar-refractivity contribution >= 4 is 21.5 Å². The first-order valence-electron chi connectivity index (χ1n) is 4.78. The molecule has 5 nitrogen and oxygen atoms in total. The number of hydrogen-bond acceptors (Lipinski definition) is 4. The number of anilines is 2. The Hall–Kier alpha value is -1.92. The Morgan fingerprint density at radius 3 is 2.47 bits per heavy atom. The van der Waals surface area contributed by atoms with Gasteiger partial charge >= 0.3 is 0 Å². The summed E-state index contributed by atoms with van der Waals surface area (Å²) >= 11 is 0. The van der Waals surface area contributed by atoms with Crippen LogP contribution in [0.3, 0.4) is 0 Å². The Bertz CT molecular complexity index is 594. The average molecular weight is 248 g/mol. The van der Waals surface area contributed by atoms with Crippen LogP contribution in [-0.2, 0) is 10.0 Å². The fourth-order valence-electron chi connectivity index (χ4n) is 1.27. The Morgan fingerprint density at radius 2 is 1.94 bits per heavy atom. The first-order chi connectivity index (χ1) is 8.05. The fourth-order valence-corrected chi connectivity index (χ4v) is 1.78. The van der Waals surface area contributed by atoms with E-state index in [4.69, 9.17) is 5.14 Å². The predicted molar refractivity (Wildman–Crippen MR) is 64.2 cm³/mol. The highest BCUT2D eigenvalue weighted by atomic mass is 32.2. The summed E-state index contributed by atoms with van der Waals surface area (Å²) < 4.78 is 22.1. The zero-order valence-corrected chi connectivity index (χ0v) is 9.61. The summed E-state index contributed by atoms with van der Waals surface area (Å²) in [5, 5.41) is 8.00. The molecule has 0 aliphatic heterocycles. The molecular weight excluding hydrogens is 238 g/mol. The van der Waals surface area contributed by atoms with Crippen LogP contribution in [0.25, 0.3) is 0 Å². The Kier molecular flexibility index (Phi) is 3.08. The van der Waals surface area contributed by atoms with Gasteiger partial charge in [-0.15, -0.1) is 0 Å². The van der Waals surface area contributed by atoms with E-state index >= 15 is 0 Å². The van der Waals surface area contributed by atoms with Gasteiger partial charge in [-0.05, 0) is 42.5 Å². The molecule has 0 saturated heterocycles. The molecule has 0 aliphatic rings. The number of primary sulfonamides is 1. The highest BCUT2D eigenvalue weighted by Gasteiger charge is 2.06. The van der Waals surface area contributed by atoms with Gasteiger partial charge in [-0.25, -0.2) is 18.5 Å². The fraction of sp³-hybridized carbons (Fsp3) is 0. The molecule has 0 atom stereocenters. The summed E-state index contributed by atoms with van der Waals surface area (Å²) in [6, 6.07) is 12.4. The van der Waals surface area contributed by atoms with Crippen molar-refractivity contribution in [2.24, 2.45) is 5.14 Å². The lowest BCUT2D eigenvalue weighted by Gasteiger charge is -2.05. The molecule has 0 saturated carbocycles. The Balaban J connectivity index is 2.20. The summed E-state index contributed by atoms with van der Waals surface area (Å²) in [7, 11) is -3.64. The minimum Gasteiger partial charge on any atom is -0.340 e. The van der Waals surface area contributed by atoms with E-state index in [1.165, 1.54) is 12.1 Å². The van der Waals surface area contributed by atoms with Crippen molar-refractivity contribution in [3.05, 3.63) is 48.7 Å². The topological polar surface area (TPSA) is 85.1 Å². The van der Waals surface area contributed by atoms with Crippen LogP contribution in [0.1, 0.15) is 0 Å². The van der Waals surface area contributed by atoms with E-state index in [1.807, 2.05) is 0 Å². The van der Waals surface area contributed by atoms with Gasteiger partial charge in [-0.1, -0.05) is 0 Å². The molecular formula is C11H10N3O2S. The van der Waals surface area contributed by atoms with E-state index in [1.54, 1.807) is 30.5 Å². The molecule has 0 aliphatic carbocycles. The number of hydrogen-bond donors (Lipinski definition) is 2. The van der Waals surface area contributed by atoms with Crippen LogP contribution in [0.5, 0.6) is 0 Å². The highest BCUT2D eigenvalue weighted by molar-refractivity contribution is 7.89. The number of pyridine rings is 1. The number of benzene rings is 1. The maximum Gasteiger partial charge on any atom is 0.238 e. The van der Waals surface area contributed by atoms with Gasteiger partial charge in [0.05, 0.1) is 4.90 Å². The van der Waals surface area contributed by atoms with Gasteiger partial charge in [0.2, 0.25) is 10.0 Å². The van der Waals surface area contributed by atoms with Gasteiger partial charge in [0.1, 0.15) is 5.82 Å². The first-order valence-corrected chi connectivity index (χ1v) is 6.32. The van der Waals surface area contributed by atoms with Crippen LogP contribution in [0.2, 0.25) is 0 Å². The Morgan fingerprint density at radius 1 is 1.24 bits per heavy atom. The molecule has 0 fully saturated rings. The summed E-state index contributed by atoms with van der Waals surface area (Å²) in [6.45, 7) is 0. The summed E-state index contributed by atoms with van der Waals surface area (Å²) in [5.41, 5.74) is 0.726. The molecule has 2 aromatic rings. The lowest BCUT2D eigenvalue weighted by atomic mass is 10.3. The van der Waals surface area contributed by atoms with Crippen molar-refractivity contribution < 1.29 is 8.42 Å². The van der Waals surface area contributed by atoms with Gasteiger partial charge in [0.25, 0.3) is 0 Å². The molecule has 0 unspecified atom stereocenters. The molecule has 1 aromatic carbocycles. The lowest BCUT2D eigenvalue weighted by Crippen LogP contribution is -2.11. The van der Waals surface area contributed by atoms with E-state index in [2.05, 4.69) is 16.4 Å². The zero-order chi connectivity index (χ0) is 12.3. The monoisotopic (exact) mass is 248 g/mol. The second-order valence-corrected chi connectivity index (χ2v) is 4.90. The highest BCUT2D eigenvalue weighted by Crippen LogP contribution is 2.16. The second kappa shape index (κ2) is 4.52. The molecule has 87 valence electrons. The number of nitrogens with zero attached hydrogens (tertiary/aromatic N) is 1. The number of nitrogens with one attached hydrogen (secondary N) is 1. The van der Waals surface area contributed by atoms with E-state index < -0.39 is 10.0 Å². The maximum atomic E-state index is 11.0. The van der Waals surface area contributed by atoms with Gasteiger partial charge < -0.3 is 5.32 Å². The molecule has 17 heavy (non-hydrogen) atoms.